The summed E-state index contributed by atoms with van der Waals surface area (Å²) in [5.41, 5.74) is 1.71. The lowest BCUT2D eigenvalue weighted by atomic mass is 9.55. The second kappa shape index (κ2) is 7.18. The predicted molar refractivity (Wildman–Crippen MR) is 99.2 cm³/mol. The van der Waals surface area contributed by atoms with Gasteiger partial charge >= 0.3 is 5.97 Å². The third kappa shape index (κ3) is 3.34. The molecule has 1 saturated heterocycles. The van der Waals surface area contributed by atoms with Crippen LogP contribution in [0.4, 0.5) is 0 Å². The van der Waals surface area contributed by atoms with Gasteiger partial charge in [-0.15, -0.1) is 0 Å². The van der Waals surface area contributed by atoms with Crippen molar-refractivity contribution in [1.82, 2.24) is 9.55 Å². The molecule has 0 radical (unpaired) electrons. The first-order valence-corrected chi connectivity index (χ1v) is 10.2. The molecule has 0 bridgehead atoms. The van der Waals surface area contributed by atoms with Gasteiger partial charge in [0.25, 0.3) is 0 Å². The minimum Gasteiger partial charge on any atom is -0.462 e. The topological polar surface area (TPSA) is 60.7 Å². The van der Waals surface area contributed by atoms with Gasteiger partial charge in [0, 0.05) is 31.3 Å². The summed E-state index contributed by atoms with van der Waals surface area (Å²) in [6.07, 6.45) is 12.7. The van der Waals surface area contributed by atoms with E-state index in [1.807, 2.05) is 18.7 Å². The van der Waals surface area contributed by atoms with Gasteiger partial charge in [-0.1, -0.05) is 19.1 Å². The maximum Gasteiger partial charge on any atom is 0.315 e. The van der Waals surface area contributed by atoms with Crippen LogP contribution in [0.2, 0.25) is 0 Å². The van der Waals surface area contributed by atoms with E-state index < -0.39 is 0 Å². The number of imidazole rings is 1. The van der Waals surface area contributed by atoms with Crippen molar-refractivity contribution in [2.24, 2.45) is 23.2 Å². The molecule has 26 heavy (non-hydrogen) atoms. The van der Waals surface area contributed by atoms with Crippen LogP contribution in [0.5, 0.6) is 0 Å². The van der Waals surface area contributed by atoms with E-state index in [0.29, 0.717) is 17.3 Å². The standard InChI is InChI=1S/C21H31N3O2/c1-15-5-3-6-21(2)12-19-16(11-18(15)21)17(20(25)26-19)13-22-7-4-9-24-10-8-23-14-24/h8,10,14,16-19,22H,1,3-7,9,11-13H2,2H3/p+1/t16-,17+,18-,19-,21-/m1/s1. The van der Waals surface area contributed by atoms with Gasteiger partial charge in [-0.3, -0.25) is 4.79 Å². The summed E-state index contributed by atoms with van der Waals surface area (Å²) in [7, 11) is 0. The molecule has 0 unspecified atom stereocenters. The lowest BCUT2D eigenvalue weighted by molar-refractivity contribution is -0.659. The van der Waals surface area contributed by atoms with Gasteiger partial charge in [0.1, 0.15) is 12.0 Å². The zero-order valence-corrected chi connectivity index (χ0v) is 15.9. The van der Waals surface area contributed by atoms with E-state index in [-0.39, 0.29) is 18.0 Å². The number of esters is 1. The molecule has 3 aliphatic rings. The normalized spacial score (nSPS) is 36.5. The highest BCUT2D eigenvalue weighted by Gasteiger charge is 2.55. The van der Waals surface area contributed by atoms with Crippen LogP contribution >= 0.6 is 0 Å². The molecule has 2 saturated carbocycles. The maximum absolute atomic E-state index is 12.5. The number of hydrogen-bond donors (Lipinski definition) is 1. The molecule has 2 N–H and O–H groups in total. The van der Waals surface area contributed by atoms with Crippen molar-refractivity contribution >= 4 is 5.97 Å². The fourth-order valence-corrected chi connectivity index (χ4v) is 5.66. The number of carbonyl (C=O) groups is 1. The van der Waals surface area contributed by atoms with Crippen LogP contribution in [0.15, 0.2) is 30.9 Å². The molecular formula is C21H32N3O2+. The van der Waals surface area contributed by atoms with Gasteiger partial charge in [0.2, 0.25) is 0 Å². The SMILES string of the molecule is C=C1CCC[C@]2(C)C[C@H]3OC(=O)[C@@H](C[NH2+]CCCn4ccnc4)[C@H]3C[C@H]12. The van der Waals surface area contributed by atoms with Crippen molar-refractivity contribution in [1.29, 1.82) is 0 Å². The van der Waals surface area contributed by atoms with Crippen LogP contribution in [0.3, 0.4) is 0 Å². The number of allylic oxidation sites excluding steroid dienone is 1. The third-order valence-corrected chi connectivity index (χ3v) is 7.12. The van der Waals surface area contributed by atoms with Crippen molar-refractivity contribution in [2.45, 2.75) is 58.1 Å². The Morgan fingerprint density at radius 2 is 2.38 bits per heavy atom. The second-order valence-electron chi connectivity index (χ2n) is 8.87. The first-order chi connectivity index (χ1) is 12.6. The van der Waals surface area contributed by atoms with Gasteiger partial charge in [0.05, 0.1) is 19.4 Å². The molecule has 3 fully saturated rings. The number of fused-ring (bicyclic) bond motifs is 2. The van der Waals surface area contributed by atoms with Crippen molar-refractivity contribution in [3.8, 4) is 0 Å². The minimum atomic E-state index is 0.0405. The van der Waals surface area contributed by atoms with Crippen LogP contribution in [0.1, 0.15) is 45.4 Å². The molecule has 5 nitrogen and oxygen atoms in total. The van der Waals surface area contributed by atoms with E-state index in [4.69, 9.17) is 4.74 Å². The quantitative estimate of drug-likeness (QED) is 0.481. The van der Waals surface area contributed by atoms with Crippen LogP contribution in [-0.4, -0.2) is 34.7 Å². The number of aromatic nitrogens is 2. The fourth-order valence-electron chi connectivity index (χ4n) is 5.66. The number of ether oxygens (including phenoxy) is 1. The van der Waals surface area contributed by atoms with Gasteiger partial charge in [-0.25, -0.2) is 4.98 Å². The lowest BCUT2D eigenvalue weighted by Crippen LogP contribution is -2.86. The Labute approximate surface area is 156 Å². The van der Waals surface area contributed by atoms with E-state index in [9.17, 15) is 4.79 Å². The number of nitrogens with two attached hydrogens (primary N) is 1. The molecule has 1 aromatic rings. The van der Waals surface area contributed by atoms with Crippen molar-refractivity contribution in [2.75, 3.05) is 13.1 Å². The highest BCUT2D eigenvalue weighted by atomic mass is 16.6. The van der Waals surface area contributed by atoms with Crippen LogP contribution < -0.4 is 5.32 Å². The molecule has 4 rings (SSSR count). The fraction of sp³-hybridized carbons (Fsp3) is 0.714. The molecule has 0 aromatic carbocycles. The molecule has 142 valence electrons. The van der Waals surface area contributed by atoms with Crippen LogP contribution in [0, 0.1) is 23.2 Å². The van der Waals surface area contributed by atoms with E-state index >= 15 is 0 Å². The highest BCUT2D eigenvalue weighted by molar-refractivity contribution is 5.75. The lowest BCUT2D eigenvalue weighted by Gasteiger charge is -2.49. The van der Waals surface area contributed by atoms with Crippen molar-refractivity contribution in [3.05, 3.63) is 30.9 Å². The molecule has 1 aromatic heterocycles. The highest BCUT2D eigenvalue weighted by Crippen LogP contribution is 2.56. The molecule has 2 aliphatic carbocycles. The predicted octanol–water partition coefficient (Wildman–Crippen LogP) is 2.15. The summed E-state index contributed by atoms with van der Waals surface area (Å²) >= 11 is 0. The van der Waals surface area contributed by atoms with Crippen molar-refractivity contribution in [3.63, 3.8) is 0 Å². The van der Waals surface area contributed by atoms with E-state index in [0.717, 1.165) is 45.3 Å². The molecule has 0 spiro atoms. The summed E-state index contributed by atoms with van der Waals surface area (Å²) in [6.45, 7) is 9.64. The number of hydrogen-bond acceptors (Lipinski definition) is 3. The average molecular weight is 359 g/mol. The summed E-state index contributed by atoms with van der Waals surface area (Å²) in [5, 5.41) is 2.30. The molecule has 5 atom stereocenters. The van der Waals surface area contributed by atoms with E-state index in [1.165, 1.54) is 18.4 Å². The summed E-state index contributed by atoms with van der Waals surface area (Å²) < 4.78 is 7.94. The summed E-state index contributed by atoms with van der Waals surface area (Å²) in [4.78, 5) is 16.6. The zero-order valence-electron chi connectivity index (χ0n) is 15.9. The summed E-state index contributed by atoms with van der Waals surface area (Å²) in [6, 6.07) is 0. The molecular weight excluding hydrogens is 326 g/mol. The van der Waals surface area contributed by atoms with Gasteiger partial charge in [-0.05, 0) is 43.4 Å². The van der Waals surface area contributed by atoms with Gasteiger partial charge in [0.15, 0.2) is 0 Å². The Morgan fingerprint density at radius 3 is 3.19 bits per heavy atom. The third-order valence-electron chi connectivity index (χ3n) is 7.12. The van der Waals surface area contributed by atoms with Crippen LogP contribution in [-0.2, 0) is 16.1 Å². The summed E-state index contributed by atoms with van der Waals surface area (Å²) in [5.74, 6) is 1.07. The number of rotatable bonds is 6. The van der Waals surface area contributed by atoms with Gasteiger partial charge < -0.3 is 14.6 Å². The Bertz CT molecular complexity index is 656. The number of carbonyl (C=O) groups excluding carboxylic acids is 1. The average Bonchev–Trinajstić information content (AvgIpc) is 3.21. The molecule has 1 aliphatic heterocycles. The molecule has 5 heteroatoms. The Kier molecular flexibility index (Phi) is 4.91. The van der Waals surface area contributed by atoms with Crippen LogP contribution in [0.25, 0.3) is 0 Å². The Morgan fingerprint density at radius 1 is 1.50 bits per heavy atom. The second-order valence-corrected chi connectivity index (χ2v) is 8.87. The minimum absolute atomic E-state index is 0.0405. The number of nitrogens with zero attached hydrogens (tertiary/aromatic N) is 2. The maximum atomic E-state index is 12.5. The molecule has 2 heterocycles. The van der Waals surface area contributed by atoms with E-state index in [1.54, 1.807) is 0 Å². The monoisotopic (exact) mass is 358 g/mol. The smallest absolute Gasteiger partial charge is 0.315 e. The Balaban J connectivity index is 1.31. The first-order valence-electron chi connectivity index (χ1n) is 10.2. The Hall–Kier alpha value is -1.62. The largest absolute Gasteiger partial charge is 0.462 e. The van der Waals surface area contributed by atoms with Crippen molar-refractivity contribution < 1.29 is 14.8 Å². The molecule has 0 amide bonds. The van der Waals surface area contributed by atoms with Gasteiger partial charge in [-0.2, -0.15) is 0 Å². The first kappa shape index (κ1) is 17.8. The number of aryl methyl sites for hydroxylation is 1. The zero-order chi connectivity index (χ0) is 18.1. The van der Waals surface area contributed by atoms with E-state index in [2.05, 4.69) is 28.4 Å². The number of quaternary nitrogens is 1.